The lowest BCUT2D eigenvalue weighted by Gasteiger charge is -2.15. The quantitative estimate of drug-likeness (QED) is 0.295. The van der Waals surface area contributed by atoms with Crippen LogP contribution in [-0.4, -0.2) is 13.7 Å². The summed E-state index contributed by atoms with van der Waals surface area (Å²) in [6.07, 6.45) is 0.929. The lowest BCUT2D eigenvalue weighted by atomic mass is 10.1. The first-order chi connectivity index (χ1) is 14.5. The summed E-state index contributed by atoms with van der Waals surface area (Å²) in [7, 11) is 1.63. The van der Waals surface area contributed by atoms with E-state index in [1.165, 1.54) is 5.56 Å². The molecule has 0 aliphatic carbocycles. The van der Waals surface area contributed by atoms with Crippen LogP contribution in [-0.2, 0) is 19.6 Å². The van der Waals surface area contributed by atoms with Crippen molar-refractivity contribution in [1.82, 2.24) is 5.32 Å². The van der Waals surface area contributed by atoms with Gasteiger partial charge in [0.1, 0.15) is 6.61 Å². The molecule has 0 atom stereocenters. The third-order valence-electron chi connectivity index (χ3n) is 4.51. The highest BCUT2D eigenvalue weighted by Crippen LogP contribution is 2.37. The Hall–Kier alpha value is -1.43. The molecule has 0 saturated carbocycles. The Morgan fingerprint density at radius 3 is 2.33 bits per heavy atom. The maximum Gasteiger partial charge on any atom is 0.175 e. The van der Waals surface area contributed by atoms with Crippen LogP contribution in [0.5, 0.6) is 11.5 Å². The predicted molar refractivity (Wildman–Crippen MR) is 128 cm³/mol. The van der Waals surface area contributed by atoms with E-state index in [0.717, 1.165) is 33.6 Å². The summed E-state index contributed by atoms with van der Waals surface area (Å²) in [6.45, 7) is 1.88. The summed E-state index contributed by atoms with van der Waals surface area (Å²) in [6, 6.07) is 17.2. The second kappa shape index (κ2) is 11.3. The Morgan fingerprint density at radius 2 is 1.63 bits per heavy atom. The molecule has 3 nitrogen and oxygen atoms in total. The summed E-state index contributed by atoms with van der Waals surface area (Å²) < 4.78 is 12.3. The Morgan fingerprint density at radius 1 is 0.900 bits per heavy atom. The van der Waals surface area contributed by atoms with Gasteiger partial charge >= 0.3 is 0 Å². The molecule has 0 spiro atoms. The van der Waals surface area contributed by atoms with Crippen LogP contribution in [0.2, 0.25) is 15.1 Å². The Labute approximate surface area is 200 Å². The molecule has 0 saturated heterocycles. The van der Waals surface area contributed by atoms with Crippen molar-refractivity contribution < 1.29 is 9.47 Å². The van der Waals surface area contributed by atoms with Crippen LogP contribution >= 0.6 is 50.7 Å². The zero-order chi connectivity index (χ0) is 21.5. The zero-order valence-electron chi connectivity index (χ0n) is 16.4. The number of benzene rings is 3. The van der Waals surface area contributed by atoms with Crippen molar-refractivity contribution in [2.45, 2.75) is 19.6 Å². The van der Waals surface area contributed by atoms with E-state index in [-0.39, 0.29) is 0 Å². The molecule has 158 valence electrons. The van der Waals surface area contributed by atoms with Crippen LogP contribution in [0.25, 0.3) is 0 Å². The first-order valence-electron chi connectivity index (χ1n) is 9.34. The van der Waals surface area contributed by atoms with Crippen molar-refractivity contribution >= 4 is 50.7 Å². The fourth-order valence-electron chi connectivity index (χ4n) is 2.92. The number of hydrogen-bond donors (Lipinski definition) is 1. The van der Waals surface area contributed by atoms with Gasteiger partial charge in [-0.25, -0.2) is 0 Å². The molecular weight excluding hydrogens is 509 g/mol. The highest BCUT2D eigenvalue weighted by atomic mass is 79.9. The molecule has 0 bridgehead atoms. The molecule has 3 aromatic carbocycles. The minimum atomic E-state index is 0.309. The fraction of sp³-hybridized carbons (Fsp3) is 0.217. The normalized spacial score (nSPS) is 10.8. The monoisotopic (exact) mass is 527 g/mol. The van der Waals surface area contributed by atoms with E-state index in [1.54, 1.807) is 19.2 Å². The molecule has 0 amide bonds. The maximum atomic E-state index is 6.24. The largest absolute Gasteiger partial charge is 0.493 e. The third-order valence-corrected chi connectivity index (χ3v) is 5.94. The third kappa shape index (κ3) is 6.53. The number of rotatable bonds is 9. The van der Waals surface area contributed by atoms with Gasteiger partial charge in [-0.05, 0) is 76.4 Å². The fourth-order valence-corrected chi connectivity index (χ4v) is 4.11. The van der Waals surface area contributed by atoms with Crippen LogP contribution in [0.1, 0.15) is 16.7 Å². The number of ether oxygens (including phenoxy) is 2. The van der Waals surface area contributed by atoms with Crippen LogP contribution in [0.15, 0.2) is 59.1 Å². The minimum absolute atomic E-state index is 0.309. The van der Waals surface area contributed by atoms with E-state index < -0.39 is 0 Å². The van der Waals surface area contributed by atoms with Crippen molar-refractivity contribution in [3.05, 3.63) is 90.8 Å². The first kappa shape index (κ1) is 23.2. The predicted octanol–water partition coefficient (Wildman–Crippen LogP) is 7.33. The first-order valence-corrected chi connectivity index (χ1v) is 11.3. The molecule has 3 aromatic rings. The maximum absolute atomic E-state index is 6.24. The van der Waals surface area contributed by atoms with Gasteiger partial charge in [-0.15, -0.1) is 0 Å². The smallest absolute Gasteiger partial charge is 0.175 e. The average molecular weight is 530 g/mol. The Bertz CT molecular complexity index is 996. The molecule has 0 radical (unpaired) electrons. The highest BCUT2D eigenvalue weighted by molar-refractivity contribution is 9.10. The van der Waals surface area contributed by atoms with Gasteiger partial charge in [0.05, 0.1) is 11.6 Å². The second-order valence-electron chi connectivity index (χ2n) is 6.69. The van der Waals surface area contributed by atoms with E-state index >= 15 is 0 Å². The van der Waals surface area contributed by atoms with Gasteiger partial charge in [0, 0.05) is 27.2 Å². The summed E-state index contributed by atoms with van der Waals surface area (Å²) in [5.74, 6) is 1.29. The molecule has 0 aliphatic heterocycles. The number of hydrogen-bond acceptors (Lipinski definition) is 3. The average Bonchev–Trinajstić information content (AvgIpc) is 2.72. The molecule has 30 heavy (non-hydrogen) atoms. The SMILES string of the molecule is COc1cc(CNCCc2ccc(Cl)cc2)cc(Br)c1OCc1ccc(Cl)cc1Cl. The van der Waals surface area contributed by atoms with Crippen molar-refractivity contribution in [2.24, 2.45) is 0 Å². The van der Waals surface area contributed by atoms with Gasteiger partial charge in [-0.3, -0.25) is 0 Å². The molecule has 7 heteroatoms. The summed E-state index contributed by atoms with van der Waals surface area (Å²) in [5.41, 5.74) is 3.19. The van der Waals surface area contributed by atoms with Gasteiger partial charge in [0.15, 0.2) is 11.5 Å². The Kier molecular flexibility index (Phi) is 8.72. The van der Waals surface area contributed by atoms with Crippen LogP contribution in [0.3, 0.4) is 0 Å². The standard InChI is InChI=1S/C23H21BrCl3NO2/c1-29-22-11-16(13-28-9-8-15-2-5-18(25)6-3-15)10-20(24)23(22)30-14-17-4-7-19(26)12-21(17)27/h2-7,10-12,28H,8-9,13-14H2,1H3. The topological polar surface area (TPSA) is 30.5 Å². The van der Waals surface area contributed by atoms with Crippen molar-refractivity contribution in [2.75, 3.05) is 13.7 Å². The molecule has 0 unspecified atom stereocenters. The lowest BCUT2D eigenvalue weighted by molar-refractivity contribution is 0.282. The molecule has 3 rings (SSSR count). The van der Waals surface area contributed by atoms with E-state index in [2.05, 4.69) is 21.2 Å². The Balaban J connectivity index is 1.59. The molecule has 0 heterocycles. The number of halogens is 4. The molecule has 0 aromatic heterocycles. The van der Waals surface area contributed by atoms with Gasteiger partial charge in [-0.2, -0.15) is 0 Å². The van der Waals surface area contributed by atoms with Crippen LogP contribution in [0, 0.1) is 0 Å². The van der Waals surface area contributed by atoms with Gasteiger partial charge in [0.25, 0.3) is 0 Å². The van der Waals surface area contributed by atoms with Gasteiger partial charge < -0.3 is 14.8 Å². The molecular formula is C23H21BrCl3NO2. The van der Waals surface area contributed by atoms with E-state index in [0.29, 0.717) is 34.7 Å². The summed E-state index contributed by atoms with van der Waals surface area (Å²) in [4.78, 5) is 0. The van der Waals surface area contributed by atoms with Crippen LogP contribution in [0.4, 0.5) is 0 Å². The minimum Gasteiger partial charge on any atom is -0.493 e. The van der Waals surface area contributed by atoms with Crippen molar-refractivity contribution in [3.63, 3.8) is 0 Å². The van der Waals surface area contributed by atoms with Gasteiger partial charge in [0.2, 0.25) is 0 Å². The van der Waals surface area contributed by atoms with E-state index in [9.17, 15) is 0 Å². The number of methoxy groups -OCH3 is 1. The van der Waals surface area contributed by atoms with Gasteiger partial charge in [-0.1, -0.05) is 53.0 Å². The second-order valence-corrected chi connectivity index (χ2v) is 8.82. The molecule has 0 aliphatic rings. The van der Waals surface area contributed by atoms with E-state index in [1.807, 2.05) is 42.5 Å². The number of nitrogens with one attached hydrogen (secondary N) is 1. The van der Waals surface area contributed by atoms with Crippen molar-refractivity contribution in [3.8, 4) is 11.5 Å². The molecule has 1 N–H and O–H groups in total. The highest BCUT2D eigenvalue weighted by Gasteiger charge is 2.13. The van der Waals surface area contributed by atoms with Crippen LogP contribution < -0.4 is 14.8 Å². The summed E-state index contributed by atoms with van der Waals surface area (Å²) >= 11 is 21.7. The van der Waals surface area contributed by atoms with Crippen molar-refractivity contribution in [1.29, 1.82) is 0 Å². The van der Waals surface area contributed by atoms with E-state index in [4.69, 9.17) is 44.3 Å². The molecule has 0 fully saturated rings. The summed E-state index contributed by atoms with van der Waals surface area (Å²) in [5, 5.41) is 5.37. The zero-order valence-corrected chi connectivity index (χ0v) is 20.2. The lowest BCUT2D eigenvalue weighted by Crippen LogP contribution is -2.16.